The highest BCUT2D eigenvalue weighted by Gasteiger charge is 2.12. The lowest BCUT2D eigenvalue weighted by Gasteiger charge is -2.10. The van der Waals surface area contributed by atoms with Crippen LogP contribution in [-0.4, -0.2) is 37.6 Å². The van der Waals surface area contributed by atoms with Gasteiger partial charge in [-0.2, -0.15) is 5.10 Å². The van der Waals surface area contributed by atoms with Crippen molar-refractivity contribution in [3.05, 3.63) is 59.5 Å². The largest absolute Gasteiger partial charge is 0.469 e. The Kier molecular flexibility index (Phi) is 4.99. The summed E-state index contributed by atoms with van der Waals surface area (Å²) >= 11 is 0. The Morgan fingerprint density at radius 1 is 1.21 bits per heavy atom. The molecule has 29 heavy (non-hydrogen) atoms. The lowest BCUT2D eigenvalue weighted by atomic mass is 10.0. The van der Waals surface area contributed by atoms with E-state index >= 15 is 0 Å². The van der Waals surface area contributed by atoms with E-state index in [-0.39, 0.29) is 5.97 Å². The van der Waals surface area contributed by atoms with Crippen molar-refractivity contribution < 1.29 is 9.53 Å². The first-order valence-electron chi connectivity index (χ1n) is 9.34. The Hall–Kier alpha value is -3.68. The topological polar surface area (TPSA) is 97.2 Å². The number of hydrogen-bond acceptors (Lipinski definition) is 6. The molecule has 148 valence electrons. The summed E-state index contributed by atoms with van der Waals surface area (Å²) in [6.45, 7) is 3.89. The number of esters is 1. The maximum absolute atomic E-state index is 11.4. The molecule has 0 amide bonds. The lowest BCUT2D eigenvalue weighted by Crippen LogP contribution is -2.03. The third-order valence-electron chi connectivity index (χ3n) is 4.59. The lowest BCUT2D eigenvalue weighted by molar-refractivity contribution is -0.140. The van der Waals surface area contributed by atoms with E-state index in [1.54, 1.807) is 0 Å². The van der Waals surface area contributed by atoms with Gasteiger partial charge in [0, 0.05) is 36.0 Å². The number of nitrogens with zero attached hydrogens (tertiary/aromatic N) is 4. The molecule has 0 aliphatic carbocycles. The summed E-state index contributed by atoms with van der Waals surface area (Å²) in [5, 5.41) is 10.4. The Bertz CT molecular complexity index is 1180. The predicted octanol–water partition coefficient (Wildman–Crippen LogP) is 3.59. The minimum atomic E-state index is -0.219. The number of nitrogens with one attached hydrogen (secondary N) is 2. The summed E-state index contributed by atoms with van der Waals surface area (Å²) in [7, 11) is 1.40. The molecule has 1 aromatic carbocycles. The van der Waals surface area contributed by atoms with Crippen LogP contribution in [0.25, 0.3) is 16.9 Å². The summed E-state index contributed by atoms with van der Waals surface area (Å²) in [5.74, 6) is 1.10. The molecule has 0 radical (unpaired) electrons. The van der Waals surface area contributed by atoms with Crippen LogP contribution in [0.4, 0.5) is 11.8 Å². The van der Waals surface area contributed by atoms with Crippen LogP contribution in [0, 0.1) is 13.8 Å². The van der Waals surface area contributed by atoms with Gasteiger partial charge in [0.05, 0.1) is 18.5 Å². The third kappa shape index (κ3) is 4.11. The van der Waals surface area contributed by atoms with Crippen LogP contribution >= 0.6 is 0 Å². The Morgan fingerprint density at radius 3 is 2.83 bits per heavy atom. The van der Waals surface area contributed by atoms with Crippen LogP contribution in [0.1, 0.15) is 23.4 Å². The van der Waals surface area contributed by atoms with Gasteiger partial charge in [-0.25, -0.2) is 9.97 Å². The number of carbonyl (C=O) groups excluding carboxylic acids is 1. The second kappa shape index (κ2) is 7.75. The zero-order chi connectivity index (χ0) is 20.4. The van der Waals surface area contributed by atoms with Crippen molar-refractivity contribution in [2.45, 2.75) is 26.7 Å². The number of hydrogen-bond donors (Lipinski definition) is 2. The Morgan fingerprint density at radius 2 is 2.07 bits per heavy atom. The zero-order valence-electron chi connectivity index (χ0n) is 16.6. The molecule has 4 rings (SSSR count). The van der Waals surface area contributed by atoms with Crippen molar-refractivity contribution in [2.24, 2.45) is 0 Å². The molecule has 0 saturated carbocycles. The van der Waals surface area contributed by atoms with E-state index in [2.05, 4.69) is 20.5 Å². The number of benzene rings is 1. The summed E-state index contributed by atoms with van der Waals surface area (Å²) in [6.07, 6.45) is 2.89. The van der Waals surface area contributed by atoms with Crippen LogP contribution in [0.3, 0.4) is 0 Å². The minimum absolute atomic E-state index is 0.219. The number of aryl methyl sites for hydroxylation is 3. The number of carbonyl (C=O) groups is 1. The smallest absolute Gasteiger partial charge is 0.305 e. The molecule has 3 aromatic heterocycles. The average Bonchev–Trinajstić information content (AvgIpc) is 3.30. The van der Waals surface area contributed by atoms with Gasteiger partial charge >= 0.3 is 5.97 Å². The molecule has 0 unspecified atom stereocenters. The zero-order valence-corrected chi connectivity index (χ0v) is 16.6. The van der Waals surface area contributed by atoms with Gasteiger partial charge < -0.3 is 10.1 Å². The highest BCUT2D eigenvalue weighted by Crippen LogP contribution is 2.25. The Balaban J connectivity index is 1.71. The summed E-state index contributed by atoms with van der Waals surface area (Å²) < 4.78 is 6.64. The molecule has 0 aliphatic heterocycles. The van der Waals surface area contributed by atoms with Gasteiger partial charge in [-0.05, 0) is 31.9 Å². The summed E-state index contributed by atoms with van der Waals surface area (Å²) in [5.41, 5.74) is 5.44. The number of methoxy groups -OCH3 is 1. The molecule has 0 atom stereocenters. The molecule has 0 spiro atoms. The maximum atomic E-state index is 11.4. The molecule has 2 N–H and O–H groups in total. The average molecular weight is 390 g/mol. The fourth-order valence-electron chi connectivity index (χ4n) is 3.18. The van der Waals surface area contributed by atoms with Crippen molar-refractivity contribution >= 4 is 23.4 Å². The van der Waals surface area contributed by atoms with Crippen molar-refractivity contribution in [3.8, 4) is 11.3 Å². The predicted molar refractivity (Wildman–Crippen MR) is 110 cm³/mol. The monoisotopic (exact) mass is 390 g/mol. The first kappa shape index (κ1) is 18.7. The van der Waals surface area contributed by atoms with Gasteiger partial charge in [0.2, 0.25) is 5.95 Å². The van der Waals surface area contributed by atoms with Gasteiger partial charge in [-0.3, -0.25) is 14.3 Å². The second-order valence-electron chi connectivity index (χ2n) is 6.91. The van der Waals surface area contributed by atoms with E-state index in [0.29, 0.717) is 24.6 Å². The SMILES string of the molecule is COC(=O)CCc1cccc(-c2cc3nc(C)cn3c(Nc3cc(C)[nH]n3)n2)c1. The number of ether oxygens (including phenoxy) is 1. The van der Waals surface area contributed by atoms with Crippen molar-refractivity contribution in [2.75, 3.05) is 12.4 Å². The molecule has 8 nitrogen and oxygen atoms in total. The summed E-state index contributed by atoms with van der Waals surface area (Å²) in [4.78, 5) is 20.8. The highest BCUT2D eigenvalue weighted by molar-refractivity contribution is 5.70. The number of imidazole rings is 1. The molecule has 0 bridgehead atoms. The fraction of sp³-hybridized carbons (Fsp3) is 0.238. The van der Waals surface area contributed by atoms with Crippen LogP contribution in [0.15, 0.2) is 42.6 Å². The van der Waals surface area contributed by atoms with E-state index in [1.807, 2.05) is 60.8 Å². The molecule has 3 heterocycles. The normalized spacial score (nSPS) is 11.0. The van der Waals surface area contributed by atoms with E-state index in [4.69, 9.17) is 9.72 Å². The van der Waals surface area contributed by atoms with Crippen molar-refractivity contribution in [3.63, 3.8) is 0 Å². The van der Waals surface area contributed by atoms with Crippen LogP contribution < -0.4 is 5.32 Å². The number of fused-ring (bicyclic) bond motifs is 1. The second-order valence-corrected chi connectivity index (χ2v) is 6.91. The number of aromatic nitrogens is 5. The van der Waals surface area contributed by atoms with Gasteiger partial charge in [-0.15, -0.1) is 0 Å². The number of rotatable bonds is 6. The maximum Gasteiger partial charge on any atom is 0.305 e. The van der Waals surface area contributed by atoms with Gasteiger partial charge in [0.1, 0.15) is 5.65 Å². The number of H-pyrrole nitrogens is 1. The first-order chi connectivity index (χ1) is 14.0. The van der Waals surface area contributed by atoms with Crippen LogP contribution in [0.5, 0.6) is 0 Å². The number of aromatic amines is 1. The molecule has 0 fully saturated rings. The van der Waals surface area contributed by atoms with Crippen LogP contribution in [0.2, 0.25) is 0 Å². The van der Waals surface area contributed by atoms with Crippen LogP contribution in [-0.2, 0) is 16.0 Å². The van der Waals surface area contributed by atoms with E-state index < -0.39 is 0 Å². The third-order valence-corrected chi connectivity index (χ3v) is 4.59. The molecule has 8 heteroatoms. The van der Waals surface area contributed by atoms with E-state index in [1.165, 1.54) is 7.11 Å². The van der Waals surface area contributed by atoms with E-state index in [9.17, 15) is 4.79 Å². The molecule has 0 aliphatic rings. The van der Waals surface area contributed by atoms with Gasteiger partial charge in [-0.1, -0.05) is 18.2 Å². The van der Waals surface area contributed by atoms with Crippen molar-refractivity contribution in [1.82, 2.24) is 24.6 Å². The molecular weight excluding hydrogens is 368 g/mol. The fourth-order valence-corrected chi connectivity index (χ4v) is 3.18. The minimum Gasteiger partial charge on any atom is -0.469 e. The Labute approximate surface area is 168 Å². The molecule has 0 saturated heterocycles. The van der Waals surface area contributed by atoms with Gasteiger partial charge in [0.25, 0.3) is 0 Å². The van der Waals surface area contributed by atoms with Gasteiger partial charge in [0.15, 0.2) is 5.82 Å². The van der Waals surface area contributed by atoms with Crippen molar-refractivity contribution in [1.29, 1.82) is 0 Å². The quantitative estimate of drug-likeness (QED) is 0.489. The highest BCUT2D eigenvalue weighted by atomic mass is 16.5. The van der Waals surface area contributed by atoms with E-state index in [0.717, 1.165) is 33.9 Å². The molecule has 4 aromatic rings. The standard InChI is InChI=1S/C21H22N6O2/c1-13-9-18(26-25-13)24-21-23-17(11-19-22-14(2)12-27(19)21)16-6-4-5-15(10-16)7-8-20(28)29-3/h4-6,9-12H,7-8H2,1-3H3,(H2,23,24,25,26). The summed E-state index contributed by atoms with van der Waals surface area (Å²) in [6, 6.07) is 11.9. The molecular formula is C21H22N6O2. The number of anilines is 2. The first-order valence-corrected chi connectivity index (χ1v) is 9.34.